The van der Waals surface area contributed by atoms with Crippen LogP contribution < -0.4 is 0 Å². The molecule has 2 aliphatic rings. The van der Waals surface area contributed by atoms with Crippen LogP contribution in [-0.4, -0.2) is 54.2 Å². The maximum atomic E-state index is 13.3. The van der Waals surface area contributed by atoms with Gasteiger partial charge in [0.25, 0.3) is 0 Å². The van der Waals surface area contributed by atoms with Gasteiger partial charge in [-0.25, -0.2) is 4.79 Å². The van der Waals surface area contributed by atoms with Crippen LogP contribution in [0.1, 0.15) is 113 Å². The zero-order valence-electron chi connectivity index (χ0n) is 30.2. The molecule has 0 spiro atoms. The average Bonchev–Trinajstić information content (AvgIpc) is 3.07. The minimum absolute atomic E-state index is 0.416. The second-order valence-corrected chi connectivity index (χ2v) is 14.4. The minimum atomic E-state index is -0.620. The van der Waals surface area contributed by atoms with Crippen LogP contribution in [0, 0.1) is 0 Å². The van der Waals surface area contributed by atoms with Gasteiger partial charge in [0.15, 0.2) is 0 Å². The molecular formula is C43H56N2O3. The first-order valence-corrected chi connectivity index (χ1v) is 18.8. The van der Waals surface area contributed by atoms with Gasteiger partial charge in [0.05, 0.1) is 0 Å². The van der Waals surface area contributed by atoms with Gasteiger partial charge in [0.2, 0.25) is 0 Å². The van der Waals surface area contributed by atoms with E-state index in [1.165, 1.54) is 43.8 Å². The van der Waals surface area contributed by atoms with E-state index in [1.54, 1.807) is 0 Å². The zero-order chi connectivity index (χ0) is 33.8. The SMILES string of the molecule is CCCN(CCC)C1Cc2cccc3cc(C(C)OC(=O)OC(C)c4cc5c6c(cccc6c4)CC(N(CCC)CCC)C5)cc(c23)C1. The first-order chi connectivity index (χ1) is 23.3. The molecule has 4 aromatic rings. The molecular weight excluding hydrogens is 592 g/mol. The first-order valence-electron chi connectivity index (χ1n) is 18.8. The van der Waals surface area contributed by atoms with Crippen molar-refractivity contribution in [2.45, 2.75) is 117 Å². The highest BCUT2D eigenvalue weighted by Crippen LogP contribution is 2.37. The van der Waals surface area contributed by atoms with Gasteiger partial charge >= 0.3 is 6.16 Å². The third-order valence-electron chi connectivity index (χ3n) is 10.7. The van der Waals surface area contributed by atoms with Gasteiger partial charge in [-0.2, -0.15) is 0 Å². The van der Waals surface area contributed by atoms with E-state index in [1.807, 2.05) is 13.8 Å². The molecule has 5 heteroatoms. The monoisotopic (exact) mass is 648 g/mol. The molecule has 0 aliphatic heterocycles. The fourth-order valence-corrected chi connectivity index (χ4v) is 8.62. The fourth-order valence-electron chi connectivity index (χ4n) is 8.62. The molecule has 0 amide bonds. The number of rotatable bonds is 14. The predicted octanol–water partition coefficient (Wildman–Crippen LogP) is 10.1. The Bertz CT molecular complexity index is 1590. The van der Waals surface area contributed by atoms with E-state index in [2.05, 4.69) is 98.2 Å². The number of benzene rings is 4. The van der Waals surface area contributed by atoms with Crippen molar-refractivity contribution in [1.29, 1.82) is 0 Å². The summed E-state index contributed by atoms with van der Waals surface area (Å²) < 4.78 is 12.0. The summed E-state index contributed by atoms with van der Waals surface area (Å²) in [5.74, 6) is 0. The van der Waals surface area contributed by atoms with Crippen LogP contribution in [0.15, 0.2) is 60.7 Å². The van der Waals surface area contributed by atoms with E-state index in [-0.39, 0.29) is 0 Å². The quantitative estimate of drug-likeness (QED) is 0.127. The Hall–Kier alpha value is -3.41. The Morgan fingerprint density at radius 1 is 0.604 bits per heavy atom. The van der Waals surface area contributed by atoms with Crippen molar-refractivity contribution in [3.05, 3.63) is 94.0 Å². The Morgan fingerprint density at radius 3 is 1.35 bits per heavy atom. The first kappa shape index (κ1) is 34.5. The third kappa shape index (κ3) is 7.28. The van der Waals surface area contributed by atoms with Crippen LogP contribution in [0.5, 0.6) is 0 Å². The van der Waals surface area contributed by atoms with Crippen molar-refractivity contribution in [1.82, 2.24) is 9.80 Å². The Balaban J connectivity index is 1.18. The van der Waals surface area contributed by atoms with E-state index in [9.17, 15) is 4.79 Å². The number of carbonyl (C=O) groups is 1. The van der Waals surface area contributed by atoms with E-state index in [0.717, 1.165) is 88.7 Å². The third-order valence-corrected chi connectivity index (χ3v) is 10.7. The zero-order valence-corrected chi connectivity index (χ0v) is 30.2. The van der Waals surface area contributed by atoms with Crippen LogP contribution in [0.2, 0.25) is 0 Å². The lowest BCUT2D eigenvalue weighted by atomic mass is 9.83. The Kier molecular flexibility index (Phi) is 11.1. The second-order valence-electron chi connectivity index (χ2n) is 14.4. The van der Waals surface area contributed by atoms with Crippen molar-refractivity contribution in [2.75, 3.05) is 26.2 Å². The van der Waals surface area contributed by atoms with Crippen molar-refractivity contribution in [2.24, 2.45) is 0 Å². The van der Waals surface area contributed by atoms with Crippen molar-refractivity contribution < 1.29 is 14.3 Å². The van der Waals surface area contributed by atoms with Gasteiger partial charge in [0.1, 0.15) is 12.2 Å². The smallest absolute Gasteiger partial charge is 0.426 e. The van der Waals surface area contributed by atoms with Crippen LogP contribution in [-0.2, 0) is 35.2 Å². The van der Waals surface area contributed by atoms with Gasteiger partial charge in [-0.3, -0.25) is 9.80 Å². The fraction of sp³-hybridized carbons (Fsp3) is 0.512. The van der Waals surface area contributed by atoms with Crippen LogP contribution in [0.3, 0.4) is 0 Å². The molecule has 0 heterocycles. The van der Waals surface area contributed by atoms with Gasteiger partial charge < -0.3 is 9.47 Å². The largest absolute Gasteiger partial charge is 0.509 e. The highest BCUT2D eigenvalue weighted by molar-refractivity contribution is 5.91. The summed E-state index contributed by atoms with van der Waals surface area (Å²) in [4.78, 5) is 18.6. The van der Waals surface area contributed by atoms with Gasteiger partial charge in [-0.1, -0.05) is 76.2 Å². The van der Waals surface area contributed by atoms with Crippen molar-refractivity contribution >= 4 is 27.7 Å². The van der Waals surface area contributed by atoms with Gasteiger partial charge in [-0.05, 0) is 158 Å². The molecule has 4 atom stereocenters. The number of hydrogen-bond donors (Lipinski definition) is 0. The van der Waals surface area contributed by atoms with E-state index < -0.39 is 18.4 Å². The Labute approximate surface area is 288 Å². The predicted molar refractivity (Wildman–Crippen MR) is 199 cm³/mol. The number of carbonyl (C=O) groups excluding carboxylic acids is 1. The highest BCUT2D eigenvalue weighted by atomic mass is 16.7. The number of ether oxygens (including phenoxy) is 2. The van der Waals surface area contributed by atoms with E-state index in [0.29, 0.717) is 12.1 Å². The summed E-state index contributed by atoms with van der Waals surface area (Å²) in [6, 6.07) is 23.3. The lowest BCUT2D eigenvalue weighted by Gasteiger charge is -2.35. The standard InChI is InChI=1S/C43H56N2O3/c1-7-17-44(18-8-2)39-25-33-15-11-13-31-21-35(23-37(27-39)41(31)33)29(5)47-43(46)48-30(6)36-22-32-14-12-16-34-26-40(28-38(24-36)42(32)34)45(19-9-3)20-10-4/h11-16,21-24,29-30,39-40H,7-10,17-20,25-28H2,1-6H3. The molecule has 4 aromatic carbocycles. The maximum Gasteiger partial charge on any atom is 0.509 e. The molecule has 0 saturated heterocycles. The lowest BCUT2D eigenvalue weighted by Crippen LogP contribution is -2.41. The van der Waals surface area contributed by atoms with Crippen molar-refractivity contribution in [3.8, 4) is 0 Å². The normalized spacial score (nSPS) is 18.4. The molecule has 0 aromatic heterocycles. The molecule has 0 saturated carbocycles. The highest BCUT2D eigenvalue weighted by Gasteiger charge is 2.28. The molecule has 0 N–H and O–H groups in total. The number of hydrogen-bond acceptors (Lipinski definition) is 5. The summed E-state index contributed by atoms with van der Waals surface area (Å²) in [6.45, 7) is 17.5. The summed E-state index contributed by atoms with van der Waals surface area (Å²) >= 11 is 0. The summed E-state index contributed by atoms with van der Waals surface area (Å²) in [5.41, 5.74) is 7.64. The molecule has 0 radical (unpaired) electrons. The van der Waals surface area contributed by atoms with Gasteiger partial charge in [-0.15, -0.1) is 0 Å². The van der Waals surface area contributed by atoms with Crippen LogP contribution >= 0.6 is 0 Å². The molecule has 6 rings (SSSR count). The molecule has 5 nitrogen and oxygen atoms in total. The van der Waals surface area contributed by atoms with Crippen molar-refractivity contribution in [3.63, 3.8) is 0 Å². The molecule has 4 unspecified atom stereocenters. The van der Waals surface area contributed by atoms with Gasteiger partial charge in [0, 0.05) is 12.1 Å². The Morgan fingerprint density at radius 2 is 0.979 bits per heavy atom. The average molecular weight is 649 g/mol. The number of nitrogens with zero attached hydrogens (tertiary/aromatic N) is 2. The molecule has 256 valence electrons. The minimum Gasteiger partial charge on any atom is -0.426 e. The molecule has 48 heavy (non-hydrogen) atoms. The summed E-state index contributed by atoms with van der Waals surface area (Å²) in [5, 5.41) is 5.22. The second kappa shape index (κ2) is 15.4. The molecule has 0 fully saturated rings. The maximum absolute atomic E-state index is 13.3. The lowest BCUT2D eigenvalue weighted by molar-refractivity contribution is 0.00626. The summed E-state index contributed by atoms with van der Waals surface area (Å²) in [6.07, 6.45) is 7.44. The topological polar surface area (TPSA) is 42.0 Å². The molecule has 0 bridgehead atoms. The van der Waals surface area contributed by atoms with E-state index >= 15 is 0 Å². The van der Waals surface area contributed by atoms with Crippen LogP contribution in [0.4, 0.5) is 4.79 Å². The van der Waals surface area contributed by atoms with Crippen LogP contribution in [0.25, 0.3) is 21.5 Å². The van der Waals surface area contributed by atoms with E-state index in [4.69, 9.17) is 9.47 Å². The molecule has 2 aliphatic carbocycles. The summed E-state index contributed by atoms with van der Waals surface area (Å²) in [7, 11) is 0.